The number of rotatable bonds is 7. The molecule has 1 fully saturated rings. The Labute approximate surface area is 120 Å². The van der Waals surface area contributed by atoms with Gasteiger partial charge >= 0.3 is 0 Å². The number of nitrogens with zero attached hydrogens (tertiary/aromatic N) is 2. The molecule has 1 aromatic rings. The third-order valence-corrected chi connectivity index (χ3v) is 6.15. The zero-order valence-corrected chi connectivity index (χ0v) is 13.3. The van der Waals surface area contributed by atoms with Gasteiger partial charge in [0.25, 0.3) is 0 Å². The van der Waals surface area contributed by atoms with E-state index in [0.29, 0.717) is 35.4 Å². The van der Waals surface area contributed by atoms with Crippen LogP contribution < -0.4 is 0 Å². The number of hydrogen-bond acceptors (Lipinski definition) is 4. The number of aromatic amines is 1. The minimum absolute atomic E-state index is 0.00356. The highest BCUT2D eigenvalue weighted by Gasteiger charge is 2.39. The van der Waals surface area contributed by atoms with Crippen molar-refractivity contribution in [1.82, 2.24) is 14.5 Å². The van der Waals surface area contributed by atoms with Gasteiger partial charge in [-0.1, -0.05) is 0 Å². The van der Waals surface area contributed by atoms with Crippen LogP contribution >= 0.6 is 0 Å². The molecule has 1 atom stereocenters. The van der Waals surface area contributed by atoms with Crippen molar-refractivity contribution in [2.24, 2.45) is 5.92 Å². The number of H-pyrrole nitrogens is 1. The Bertz CT molecular complexity index is 544. The summed E-state index contributed by atoms with van der Waals surface area (Å²) in [5.41, 5.74) is 1.11. The Hall–Kier alpha value is -0.920. The lowest BCUT2D eigenvalue weighted by Crippen LogP contribution is -2.42. The minimum Gasteiger partial charge on any atom is -0.383 e. The molecule has 2 rings (SSSR count). The quantitative estimate of drug-likeness (QED) is 0.827. The monoisotopic (exact) mass is 301 g/mol. The molecular formula is C13H23N3O3S. The van der Waals surface area contributed by atoms with Crippen LogP contribution in [0.25, 0.3) is 0 Å². The molecule has 0 bridgehead atoms. The van der Waals surface area contributed by atoms with Gasteiger partial charge in [-0.3, -0.25) is 5.10 Å². The molecule has 7 heteroatoms. The van der Waals surface area contributed by atoms with Gasteiger partial charge in [0.1, 0.15) is 4.90 Å². The van der Waals surface area contributed by atoms with Gasteiger partial charge in [-0.15, -0.1) is 0 Å². The largest absolute Gasteiger partial charge is 0.383 e. The van der Waals surface area contributed by atoms with Crippen LogP contribution in [-0.4, -0.2) is 49.2 Å². The van der Waals surface area contributed by atoms with Crippen LogP contribution in [0.1, 0.15) is 31.2 Å². The average Bonchev–Trinajstić information content (AvgIpc) is 3.15. The van der Waals surface area contributed by atoms with Crippen molar-refractivity contribution in [1.29, 1.82) is 0 Å². The normalized spacial score (nSPS) is 17.6. The van der Waals surface area contributed by atoms with Gasteiger partial charge in [0, 0.05) is 19.7 Å². The lowest BCUT2D eigenvalue weighted by Gasteiger charge is -2.28. The van der Waals surface area contributed by atoms with Crippen LogP contribution in [0.15, 0.2) is 4.90 Å². The third-order valence-electron chi connectivity index (χ3n) is 3.90. The summed E-state index contributed by atoms with van der Waals surface area (Å²) in [6, 6.07) is 0.00356. The molecule has 1 N–H and O–H groups in total. The summed E-state index contributed by atoms with van der Waals surface area (Å²) in [5.74, 6) is 0.467. The molecule has 0 spiro atoms. The Morgan fingerprint density at radius 3 is 2.55 bits per heavy atom. The second-order valence-electron chi connectivity index (χ2n) is 5.45. The topological polar surface area (TPSA) is 75.3 Å². The van der Waals surface area contributed by atoms with Crippen molar-refractivity contribution in [3.8, 4) is 0 Å². The van der Waals surface area contributed by atoms with Crippen molar-refractivity contribution >= 4 is 10.0 Å². The first kappa shape index (κ1) is 15.5. The van der Waals surface area contributed by atoms with Crippen molar-refractivity contribution in [2.75, 3.05) is 20.3 Å². The first-order valence-corrected chi connectivity index (χ1v) is 8.36. The first-order valence-electron chi connectivity index (χ1n) is 6.92. The summed E-state index contributed by atoms with van der Waals surface area (Å²) in [4.78, 5) is 0.307. The molecule has 1 aliphatic rings. The molecule has 1 unspecified atom stereocenters. The molecule has 1 aromatic heterocycles. The maximum Gasteiger partial charge on any atom is 0.247 e. The van der Waals surface area contributed by atoms with Gasteiger partial charge < -0.3 is 4.74 Å². The molecule has 1 heterocycles. The zero-order valence-electron chi connectivity index (χ0n) is 12.5. The van der Waals surface area contributed by atoms with Crippen LogP contribution in [0.5, 0.6) is 0 Å². The second-order valence-corrected chi connectivity index (χ2v) is 7.28. The van der Waals surface area contributed by atoms with Crippen LogP contribution in [0.4, 0.5) is 0 Å². The molecule has 1 aliphatic carbocycles. The standard InChI is InChI=1S/C13H23N3O3S/c1-9-13(10(2)15-14-9)20(17,18)16(7-8-19-4)11(3)12-5-6-12/h11-12H,5-8H2,1-4H3,(H,14,15). The Morgan fingerprint density at radius 2 is 2.10 bits per heavy atom. The molecule has 0 aliphatic heterocycles. The van der Waals surface area contributed by atoms with E-state index >= 15 is 0 Å². The first-order chi connectivity index (χ1) is 9.39. The molecule has 1 saturated carbocycles. The Morgan fingerprint density at radius 1 is 1.45 bits per heavy atom. The zero-order chi connectivity index (χ0) is 14.9. The summed E-state index contributed by atoms with van der Waals surface area (Å²) in [7, 11) is -1.95. The van der Waals surface area contributed by atoms with Gasteiger partial charge in [0.2, 0.25) is 10.0 Å². The van der Waals surface area contributed by atoms with Gasteiger partial charge in [-0.2, -0.15) is 9.40 Å². The Balaban J connectivity index is 2.35. The van der Waals surface area contributed by atoms with E-state index in [2.05, 4.69) is 10.2 Å². The third kappa shape index (κ3) is 2.89. The van der Waals surface area contributed by atoms with E-state index in [9.17, 15) is 8.42 Å². The van der Waals surface area contributed by atoms with Crippen LogP contribution in [0.2, 0.25) is 0 Å². The molecule has 0 saturated heterocycles. The van der Waals surface area contributed by atoms with E-state index < -0.39 is 10.0 Å². The van der Waals surface area contributed by atoms with E-state index in [4.69, 9.17) is 4.74 Å². The van der Waals surface area contributed by atoms with Crippen LogP contribution in [0.3, 0.4) is 0 Å². The van der Waals surface area contributed by atoms with Gasteiger partial charge in [0.05, 0.1) is 18.0 Å². The van der Waals surface area contributed by atoms with E-state index in [0.717, 1.165) is 12.8 Å². The van der Waals surface area contributed by atoms with Crippen molar-refractivity contribution in [3.05, 3.63) is 11.4 Å². The smallest absolute Gasteiger partial charge is 0.247 e. The number of ether oxygens (including phenoxy) is 1. The van der Waals surface area contributed by atoms with E-state index in [-0.39, 0.29) is 6.04 Å². The van der Waals surface area contributed by atoms with Crippen LogP contribution in [-0.2, 0) is 14.8 Å². The minimum atomic E-state index is -3.54. The Kier molecular flexibility index (Phi) is 4.51. The molecule has 0 radical (unpaired) electrons. The van der Waals surface area contributed by atoms with E-state index in [1.807, 2.05) is 6.92 Å². The number of methoxy groups -OCH3 is 1. The highest BCUT2D eigenvalue weighted by atomic mass is 32.2. The molecule has 114 valence electrons. The fourth-order valence-electron chi connectivity index (χ4n) is 2.58. The molecule has 0 amide bonds. The SMILES string of the molecule is COCCN(C(C)C1CC1)S(=O)(=O)c1c(C)n[nH]c1C. The predicted molar refractivity (Wildman–Crippen MR) is 76.0 cm³/mol. The predicted octanol–water partition coefficient (Wildman–Crippen LogP) is 1.46. The maximum absolute atomic E-state index is 12.9. The molecule has 20 heavy (non-hydrogen) atoms. The number of nitrogens with one attached hydrogen (secondary N) is 1. The fourth-order valence-corrected chi connectivity index (χ4v) is 4.59. The summed E-state index contributed by atoms with van der Waals surface area (Å²) >= 11 is 0. The van der Waals surface area contributed by atoms with Crippen molar-refractivity contribution in [2.45, 2.75) is 44.6 Å². The van der Waals surface area contributed by atoms with Crippen molar-refractivity contribution < 1.29 is 13.2 Å². The van der Waals surface area contributed by atoms with Gasteiger partial charge in [-0.25, -0.2) is 8.42 Å². The highest BCUT2D eigenvalue weighted by Crippen LogP contribution is 2.37. The molecular weight excluding hydrogens is 278 g/mol. The maximum atomic E-state index is 12.9. The highest BCUT2D eigenvalue weighted by molar-refractivity contribution is 7.89. The lowest BCUT2D eigenvalue weighted by molar-refractivity contribution is 0.164. The summed E-state index contributed by atoms with van der Waals surface area (Å²) in [6.07, 6.45) is 2.20. The summed E-state index contributed by atoms with van der Waals surface area (Å²) < 4.78 is 32.5. The van der Waals surface area contributed by atoms with Crippen molar-refractivity contribution in [3.63, 3.8) is 0 Å². The summed E-state index contributed by atoms with van der Waals surface area (Å²) in [5, 5.41) is 6.75. The summed E-state index contributed by atoms with van der Waals surface area (Å²) in [6.45, 7) is 6.21. The number of hydrogen-bond donors (Lipinski definition) is 1. The fraction of sp³-hybridized carbons (Fsp3) is 0.769. The number of aryl methyl sites for hydroxylation is 2. The second kappa shape index (κ2) is 5.83. The molecule has 6 nitrogen and oxygen atoms in total. The van der Waals surface area contributed by atoms with E-state index in [1.54, 1.807) is 25.3 Å². The van der Waals surface area contributed by atoms with Gasteiger partial charge in [-0.05, 0) is 39.5 Å². The number of sulfonamides is 1. The van der Waals surface area contributed by atoms with Crippen LogP contribution in [0, 0.1) is 19.8 Å². The lowest BCUT2D eigenvalue weighted by atomic mass is 10.2. The van der Waals surface area contributed by atoms with E-state index in [1.165, 1.54) is 0 Å². The van der Waals surface area contributed by atoms with Gasteiger partial charge in [0.15, 0.2) is 0 Å². The molecule has 0 aromatic carbocycles. The average molecular weight is 301 g/mol. The number of aromatic nitrogens is 2.